The van der Waals surface area contributed by atoms with Gasteiger partial charge >= 0.3 is 0 Å². The first-order chi connectivity index (χ1) is 13.2. The number of nitro benzene ring substituents is 1. The first kappa shape index (κ1) is 17.5. The summed E-state index contributed by atoms with van der Waals surface area (Å²) in [6.07, 6.45) is 2.05. The third kappa shape index (κ3) is 3.26. The highest BCUT2D eigenvalue weighted by molar-refractivity contribution is 9.09. The second-order valence-electron chi connectivity index (χ2n) is 6.17. The number of nitrogens with zero attached hydrogens (tertiary/aromatic N) is 1. The summed E-state index contributed by atoms with van der Waals surface area (Å²) in [5.74, 6) is 0.792. The molecule has 4 rings (SSSR count). The van der Waals surface area contributed by atoms with E-state index in [1.54, 1.807) is 12.1 Å². The molecule has 0 saturated heterocycles. The lowest BCUT2D eigenvalue weighted by atomic mass is 10.0. The van der Waals surface area contributed by atoms with Gasteiger partial charge < -0.3 is 4.74 Å². The minimum absolute atomic E-state index is 0.0938. The molecule has 27 heavy (non-hydrogen) atoms. The van der Waals surface area contributed by atoms with E-state index in [0.717, 1.165) is 44.5 Å². The Hall–Kier alpha value is -2.92. The summed E-state index contributed by atoms with van der Waals surface area (Å²) >= 11 is 3.38. The molecule has 3 aromatic carbocycles. The molecule has 0 radical (unpaired) electrons. The number of alkyl halides is 1. The predicted octanol–water partition coefficient (Wildman–Crippen LogP) is 5.94. The summed E-state index contributed by atoms with van der Waals surface area (Å²) in [5, 5.41) is 12.0. The number of fused-ring (bicyclic) bond motifs is 3. The Morgan fingerprint density at radius 2 is 1.63 bits per heavy atom. The minimum Gasteiger partial charge on any atom is -0.492 e. The van der Waals surface area contributed by atoms with Crippen molar-refractivity contribution in [3.63, 3.8) is 0 Å². The SMILES string of the molecule is O=[N+]([O-])c1ccc2c(c1)/C(=C/c1ccccc1OCCBr)c1ccccc1-2. The summed E-state index contributed by atoms with van der Waals surface area (Å²) in [6.45, 7) is 0.568. The summed E-state index contributed by atoms with van der Waals surface area (Å²) in [5.41, 5.74) is 6.07. The van der Waals surface area contributed by atoms with E-state index in [2.05, 4.69) is 28.1 Å². The van der Waals surface area contributed by atoms with E-state index >= 15 is 0 Å². The lowest BCUT2D eigenvalue weighted by Crippen LogP contribution is -1.99. The number of hydrogen-bond donors (Lipinski definition) is 0. The van der Waals surface area contributed by atoms with Crippen LogP contribution in [0.2, 0.25) is 0 Å². The molecule has 0 N–H and O–H groups in total. The van der Waals surface area contributed by atoms with Crippen LogP contribution < -0.4 is 4.74 Å². The molecule has 0 bridgehead atoms. The molecule has 0 heterocycles. The molecule has 1 aliphatic rings. The zero-order valence-corrected chi connectivity index (χ0v) is 16.0. The van der Waals surface area contributed by atoms with Crippen molar-refractivity contribution < 1.29 is 9.66 Å². The first-order valence-corrected chi connectivity index (χ1v) is 9.69. The number of benzene rings is 3. The van der Waals surface area contributed by atoms with Crippen LogP contribution in [0.25, 0.3) is 22.8 Å². The first-order valence-electron chi connectivity index (χ1n) is 8.57. The summed E-state index contributed by atoms with van der Waals surface area (Å²) in [7, 11) is 0. The predicted molar refractivity (Wildman–Crippen MR) is 111 cm³/mol. The van der Waals surface area contributed by atoms with Gasteiger partial charge in [0.25, 0.3) is 5.69 Å². The largest absolute Gasteiger partial charge is 0.492 e. The van der Waals surface area contributed by atoms with Crippen LogP contribution in [0, 0.1) is 10.1 Å². The van der Waals surface area contributed by atoms with Gasteiger partial charge in [-0.3, -0.25) is 10.1 Å². The van der Waals surface area contributed by atoms with E-state index in [9.17, 15) is 10.1 Å². The number of non-ortho nitro benzene ring substituents is 1. The van der Waals surface area contributed by atoms with Crippen molar-refractivity contribution in [3.8, 4) is 16.9 Å². The van der Waals surface area contributed by atoms with Crippen LogP contribution in [0.3, 0.4) is 0 Å². The molecular weight excluding hydrogens is 406 g/mol. The highest BCUT2D eigenvalue weighted by atomic mass is 79.9. The molecule has 4 nitrogen and oxygen atoms in total. The van der Waals surface area contributed by atoms with Gasteiger partial charge in [0.05, 0.1) is 11.5 Å². The molecule has 5 heteroatoms. The number of halogens is 1. The number of nitro groups is 1. The lowest BCUT2D eigenvalue weighted by Gasteiger charge is -2.09. The zero-order chi connectivity index (χ0) is 18.8. The molecular formula is C22H16BrNO3. The molecule has 0 aromatic heterocycles. The fourth-order valence-corrected chi connectivity index (χ4v) is 3.55. The Balaban J connectivity index is 1.90. The van der Waals surface area contributed by atoms with Crippen molar-refractivity contribution in [3.05, 3.63) is 93.5 Å². The van der Waals surface area contributed by atoms with Gasteiger partial charge in [0.2, 0.25) is 0 Å². The van der Waals surface area contributed by atoms with E-state index < -0.39 is 0 Å². The number of rotatable bonds is 5. The maximum Gasteiger partial charge on any atom is 0.270 e. The molecule has 1 aliphatic carbocycles. The van der Waals surface area contributed by atoms with Crippen LogP contribution in [0.5, 0.6) is 5.75 Å². The fraction of sp³-hybridized carbons (Fsp3) is 0.0909. The third-order valence-electron chi connectivity index (χ3n) is 4.57. The summed E-state index contributed by atoms with van der Waals surface area (Å²) in [6, 6.07) is 21.0. The van der Waals surface area contributed by atoms with E-state index in [-0.39, 0.29) is 10.6 Å². The van der Waals surface area contributed by atoms with Crippen molar-refractivity contribution in [2.24, 2.45) is 0 Å². The zero-order valence-electron chi connectivity index (χ0n) is 14.4. The van der Waals surface area contributed by atoms with Crippen LogP contribution in [-0.2, 0) is 0 Å². The van der Waals surface area contributed by atoms with Gasteiger partial charge in [-0.2, -0.15) is 0 Å². The monoisotopic (exact) mass is 421 g/mol. The van der Waals surface area contributed by atoms with Gasteiger partial charge in [0, 0.05) is 23.0 Å². The topological polar surface area (TPSA) is 52.4 Å². The second kappa shape index (κ2) is 7.37. The van der Waals surface area contributed by atoms with Crippen LogP contribution in [0.4, 0.5) is 5.69 Å². The van der Waals surface area contributed by atoms with E-state index in [1.165, 1.54) is 0 Å². The lowest BCUT2D eigenvalue weighted by molar-refractivity contribution is -0.384. The number of hydrogen-bond acceptors (Lipinski definition) is 3. The van der Waals surface area contributed by atoms with Gasteiger partial charge in [0.15, 0.2) is 0 Å². The molecule has 134 valence electrons. The molecule has 0 spiro atoms. The fourth-order valence-electron chi connectivity index (χ4n) is 3.39. The Morgan fingerprint density at radius 3 is 2.41 bits per heavy atom. The van der Waals surface area contributed by atoms with Crippen LogP contribution in [0.15, 0.2) is 66.7 Å². The third-order valence-corrected chi connectivity index (χ3v) is 4.89. The van der Waals surface area contributed by atoms with E-state index in [1.807, 2.05) is 48.5 Å². The summed E-state index contributed by atoms with van der Waals surface area (Å²) in [4.78, 5) is 10.9. The average Bonchev–Trinajstić information content (AvgIpc) is 3.00. The Morgan fingerprint density at radius 1 is 0.926 bits per heavy atom. The molecule has 0 saturated carbocycles. The van der Waals surface area contributed by atoms with Crippen molar-refractivity contribution in [2.45, 2.75) is 0 Å². The Bertz CT molecular complexity index is 1060. The van der Waals surface area contributed by atoms with Crippen molar-refractivity contribution in [1.29, 1.82) is 0 Å². The molecule has 3 aromatic rings. The highest BCUT2D eigenvalue weighted by Crippen LogP contribution is 2.46. The van der Waals surface area contributed by atoms with Crippen LogP contribution >= 0.6 is 15.9 Å². The minimum atomic E-state index is -0.353. The normalized spacial score (nSPS) is 13.3. The van der Waals surface area contributed by atoms with Crippen molar-refractivity contribution in [1.82, 2.24) is 0 Å². The van der Waals surface area contributed by atoms with Gasteiger partial charge in [-0.1, -0.05) is 58.4 Å². The molecule has 0 aliphatic heterocycles. The second-order valence-corrected chi connectivity index (χ2v) is 6.96. The molecule has 0 amide bonds. The van der Waals surface area contributed by atoms with Crippen molar-refractivity contribution in [2.75, 3.05) is 11.9 Å². The highest BCUT2D eigenvalue weighted by Gasteiger charge is 2.25. The quantitative estimate of drug-likeness (QED) is 0.227. The van der Waals surface area contributed by atoms with Gasteiger partial charge in [-0.15, -0.1) is 0 Å². The molecule has 0 unspecified atom stereocenters. The van der Waals surface area contributed by atoms with E-state index in [0.29, 0.717) is 6.61 Å². The van der Waals surface area contributed by atoms with Crippen LogP contribution in [-0.4, -0.2) is 16.9 Å². The maximum absolute atomic E-state index is 11.3. The van der Waals surface area contributed by atoms with Gasteiger partial charge in [0.1, 0.15) is 5.75 Å². The van der Waals surface area contributed by atoms with Crippen LogP contribution in [0.1, 0.15) is 16.7 Å². The molecule has 0 fully saturated rings. The standard InChI is InChI=1S/C22H16BrNO3/c23-11-12-27-22-8-4-1-5-15(22)13-20-18-7-3-2-6-17(18)19-10-9-16(24(25)26)14-21(19)20/h1-10,13-14H,11-12H2/b20-13+. The molecule has 0 atom stereocenters. The van der Waals surface area contributed by atoms with E-state index in [4.69, 9.17) is 4.74 Å². The number of para-hydroxylation sites is 1. The van der Waals surface area contributed by atoms with Gasteiger partial charge in [-0.25, -0.2) is 0 Å². The average molecular weight is 422 g/mol. The Labute approximate surface area is 165 Å². The summed E-state index contributed by atoms with van der Waals surface area (Å²) < 4.78 is 5.83. The number of ether oxygens (including phenoxy) is 1. The smallest absolute Gasteiger partial charge is 0.270 e. The van der Waals surface area contributed by atoms with Crippen molar-refractivity contribution >= 4 is 33.3 Å². The Kier molecular flexibility index (Phi) is 4.77. The van der Waals surface area contributed by atoms with Gasteiger partial charge in [-0.05, 0) is 46.0 Å². The maximum atomic E-state index is 11.3.